The highest BCUT2D eigenvalue weighted by molar-refractivity contribution is 14.1. The molecule has 0 saturated carbocycles. The Morgan fingerprint density at radius 3 is 3.00 bits per heavy atom. The molecule has 1 atom stereocenters. The van der Waals surface area contributed by atoms with Crippen LogP contribution in [0.15, 0.2) is 36.4 Å². The Bertz CT molecular complexity index is 487. The van der Waals surface area contributed by atoms with Crippen molar-refractivity contribution in [3.63, 3.8) is 0 Å². The van der Waals surface area contributed by atoms with Gasteiger partial charge in [0, 0.05) is 15.7 Å². The van der Waals surface area contributed by atoms with Gasteiger partial charge >= 0.3 is 0 Å². The van der Waals surface area contributed by atoms with Gasteiger partial charge in [0.25, 0.3) is 5.91 Å². The number of hydrogen-bond acceptors (Lipinski definition) is 2. The topological polar surface area (TPSA) is 38.3 Å². The lowest BCUT2D eigenvalue weighted by atomic mass is 10.0. The van der Waals surface area contributed by atoms with Crippen molar-refractivity contribution in [1.29, 1.82) is 0 Å². The fraction of sp³-hybridized carbons (Fsp3) is 0.471. The highest BCUT2D eigenvalue weighted by Crippen LogP contribution is 2.15. The highest BCUT2D eigenvalue weighted by atomic mass is 124. The van der Waals surface area contributed by atoms with Crippen LogP contribution in [0.25, 0.3) is 0 Å². The molecule has 0 heterocycles. The van der Waals surface area contributed by atoms with Crippen molar-refractivity contribution in [2.75, 3.05) is 13.2 Å². The lowest BCUT2D eigenvalue weighted by Crippen LogP contribution is -2.29. The summed E-state index contributed by atoms with van der Waals surface area (Å²) < 4.78 is 6.95. The maximum atomic E-state index is 12.0. The largest absolute Gasteiger partial charge is 0.376 e. The van der Waals surface area contributed by atoms with Gasteiger partial charge in [0.15, 0.2) is 0 Å². The number of allylic oxidation sites excluding steroid dienone is 2. The molecule has 4 heteroatoms. The zero-order valence-corrected chi connectivity index (χ0v) is 14.3. The van der Waals surface area contributed by atoms with Crippen molar-refractivity contribution >= 4 is 28.5 Å². The number of hydrogen-bond donors (Lipinski definition) is 1. The zero-order valence-electron chi connectivity index (χ0n) is 12.2. The van der Waals surface area contributed by atoms with Crippen LogP contribution in [-0.4, -0.2) is 25.2 Å². The average molecular weight is 396 g/mol. The standard InChI is InChI=1S/C17H22INO2/c18-15-8-6-7-14(13-15)17(20)19-11-12-21-16-9-4-2-1-3-5-10-16/h1-2,6-8,13,16H,3-5,9-12H2,(H,19,20)/b2-1+/i18-3. The monoisotopic (exact) mass is 396 g/mol. The first-order chi connectivity index (χ1) is 10.3. The van der Waals surface area contributed by atoms with E-state index in [1.807, 2.05) is 24.3 Å². The van der Waals surface area contributed by atoms with Crippen molar-refractivity contribution in [2.45, 2.75) is 38.2 Å². The van der Waals surface area contributed by atoms with E-state index in [2.05, 4.69) is 40.1 Å². The number of halogens is 1. The van der Waals surface area contributed by atoms with Crippen molar-refractivity contribution < 1.29 is 9.53 Å². The maximum absolute atomic E-state index is 12.0. The van der Waals surface area contributed by atoms with Crippen LogP contribution in [0.3, 0.4) is 0 Å². The van der Waals surface area contributed by atoms with Crippen LogP contribution in [0.1, 0.15) is 42.5 Å². The van der Waals surface area contributed by atoms with Crippen LogP contribution < -0.4 is 5.32 Å². The van der Waals surface area contributed by atoms with Gasteiger partial charge in [0.1, 0.15) is 0 Å². The second-order valence-corrected chi connectivity index (χ2v) is 6.48. The number of amides is 1. The van der Waals surface area contributed by atoms with Gasteiger partial charge in [0.05, 0.1) is 12.7 Å². The molecule has 2 rings (SSSR count). The molecule has 1 N–H and O–H groups in total. The summed E-state index contributed by atoms with van der Waals surface area (Å²) in [5.74, 6) is -0.0299. The summed E-state index contributed by atoms with van der Waals surface area (Å²) in [4.78, 5) is 12.0. The molecule has 1 aliphatic rings. The van der Waals surface area contributed by atoms with Gasteiger partial charge in [-0.1, -0.05) is 18.2 Å². The molecule has 0 spiro atoms. The Morgan fingerprint density at radius 1 is 1.29 bits per heavy atom. The van der Waals surface area contributed by atoms with E-state index in [1.165, 1.54) is 6.42 Å². The summed E-state index contributed by atoms with van der Waals surface area (Å²) in [6.07, 6.45) is 10.5. The molecule has 1 amide bonds. The minimum Gasteiger partial charge on any atom is -0.376 e. The molecule has 0 radical (unpaired) electrons. The predicted molar refractivity (Wildman–Crippen MR) is 93.5 cm³/mol. The van der Waals surface area contributed by atoms with Crippen LogP contribution in [0, 0.1) is 3.57 Å². The average Bonchev–Trinajstić information content (AvgIpc) is 2.45. The molecule has 21 heavy (non-hydrogen) atoms. The normalized spacial score (nSPS) is 20.3. The molecule has 0 bridgehead atoms. The molecule has 3 nitrogen and oxygen atoms in total. The van der Waals surface area contributed by atoms with Gasteiger partial charge in [0.2, 0.25) is 0 Å². The van der Waals surface area contributed by atoms with E-state index in [1.54, 1.807) is 0 Å². The fourth-order valence-corrected chi connectivity index (χ4v) is 2.96. The van der Waals surface area contributed by atoms with Crippen molar-refractivity contribution in [2.24, 2.45) is 0 Å². The molecule has 1 aromatic rings. The Labute approximate surface area is 140 Å². The molecule has 114 valence electrons. The minimum absolute atomic E-state index is 0.0299. The molecule has 0 saturated heterocycles. The summed E-state index contributed by atoms with van der Waals surface area (Å²) in [7, 11) is 0. The fourth-order valence-electron chi connectivity index (χ4n) is 2.41. The molecule has 0 fully saturated rings. The molecular weight excluding hydrogens is 374 g/mol. The van der Waals surface area contributed by atoms with Gasteiger partial charge in [-0.3, -0.25) is 4.79 Å². The highest BCUT2D eigenvalue weighted by Gasteiger charge is 2.10. The first-order valence-corrected chi connectivity index (χ1v) is 8.64. The third kappa shape index (κ3) is 6.18. The van der Waals surface area contributed by atoms with E-state index >= 15 is 0 Å². The third-order valence-corrected chi connectivity index (χ3v) is 4.22. The van der Waals surface area contributed by atoms with E-state index in [9.17, 15) is 4.79 Å². The number of rotatable bonds is 5. The van der Waals surface area contributed by atoms with Gasteiger partial charge in [-0.2, -0.15) is 0 Å². The molecule has 1 unspecified atom stereocenters. The number of ether oxygens (including phenoxy) is 1. The van der Waals surface area contributed by atoms with E-state index in [4.69, 9.17) is 4.74 Å². The van der Waals surface area contributed by atoms with Gasteiger partial charge in [-0.15, -0.1) is 0 Å². The van der Waals surface area contributed by atoms with Crippen LogP contribution in [0.4, 0.5) is 0 Å². The number of carbonyl (C=O) groups is 1. The van der Waals surface area contributed by atoms with Crippen LogP contribution in [-0.2, 0) is 4.74 Å². The van der Waals surface area contributed by atoms with E-state index in [0.717, 1.165) is 29.3 Å². The first kappa shape index (κ1) is 16.5. The smallest absolute Gasteiger partial charge is 0.251 e. The third-order valence-electron chi connectivity index (χ3n) is 3.55. The van der Waals surface area contributed by atoms with Crippen LogP contribution >= 0.6 is 22.6 Å². The van der Waals surface area contributed by atoms with E-state index in [0.29, 0.717) is 24.8 Å². The summed E-state index contributed by atoms with van der Waals surface area (Å²) in [6.45, 7) is 1.15. The van der Waals surface area contributed by atoms with Crippen molar-refractivity contribution in [1.82, 2.24) is 5.32 Å². The number of benzene rings is 1. The Balaban J connectivity index is 1.67. The van der Waals surface area contributed by atoms with Crippen molar-refractivity contribution in [3.8, 4) is 0 Å². The Kier molecular flexibility index (Phi) is 7.23. The molecule has 0 aliphatic heterocycles. The molecule has 0 aromatic heterocycles. The SMILES string of the molecule is O=C(NCCOC1CC/C=C/CCC1)c1cccc([124I])c1. The van der Waals surface area contributed by atoms with Crippen molar-refractivity contribution in [3.05, 3.63) is 45.6 Å². The number of carbonyl (C=O) groups excluding carboxylic acids is 1. The minimum atomic E-state index is -0.0299. The second-order valence-electron chi connectivity index (χ2n) is 5.24. The Hall–Kier alpha value is -0.880. The molecular formula is C17H22INO2. The van der Waals surface area contributed by atoms with Crippen LogP contribution in [0.2, 0.25) is 0 Å². The summed E-state index contributed by atoms with van der Waals surface area (Å²) in [6, 6.07) is 7.59. The van der Waals surface area contributed by atoms with Gasteiger partial charge in [-0.25, -0.2) is 0 Å². The van der Waals surface area contributed by atoms with Gasteiger partial charge in [-0.05, 0) is 72.9 Å². The summed E-state index contributed by atoms with van der Waals surface area (Å²) in [5.41, 5.74) is 0.706. The van der Waals surface area contributed by atoms with E-state index in [-0.39, 0.29) is 5.91 Å². The lowest BCUT2D eigenvalue weighted by molar-refractivity contribution is 0.0416. The maximum Gasteiger partial charge on any atom is 0.251 e. The van der Waals surface area contributed by atoms with Crippen LogP contribution in [0.5, 0.6) is 0 Å². The Morgan fingerprint density at radius 2 is 2.14 bits per heavy atom. The van der Waals surface area contributed by atoms with Gasteiger partial charge < -0.3 is 10.1 Å². The predicted octanol–water partition coefficient (Wildman–Crippen LogP) is 3.93. The van der Waals surface area contributed by atoms with E-state index < -0.39 is 0 Å². The first-order valence-electron chi connectivity index (χ1n) is 7.56. The summed E-state index contributed by atoms with van der Waals surface area (Å²) in [5, 5.41) is 2.91. The second kappa shape index (κ2) is 9.20. The lowest BCUT2D eigenvalue weighted by Gasteiger charge is -2.18. The molecule has 1 aliphatic carbocycles. The quantitative estimate of drug-likeness (QED) is 0.466. The molecule has 1 aromatic carbocycles. The number of nitrogens with one attached hydrogen (secondary N) is 1. The summed E-state index contributed by atoms with van der Waals surface area (Å²) >= 11 is 2.21. The zero-order chi connectivity index (χ0) is 14.9.